The van der Waals surface area contributed by atoms with Crippen molar-refractivity contribution in [2.75, 3.05) is 13.1 Å². The number of rotatable bonds is 9. The van der Waals surface area contributed by atoms with E-state index in [1.807, 2.05) is 27.7 Å². The number of aliphatic carboxylic acids is 1. The molecule has 0 atom stereocenters. The molecule has 2 N–H and O–H groups in total. The van der Waals surface area contributed by atoms with Crippen LogP contribution in [0.5, 0.6) is 0 Å². The van der Waals surface area contributed by atoms with Crippen molar-refractivity contribution in [3.05, 3.63) is 0 Å². The van der Waals surface area contributed by atoms with Crippen LogP contribution in [0.3, 0.4) is 0 Å². The van der Waals surface area contributed by atoms with Crippen molar-refractivity contribution in [2.45, 2.75) is 59.0 Å². The van der Waals surface area contributed by atoms with Gasteiger partial charge in [0.25, 0.3) is 0 Å². The Kier molecular flexibility index (Phi) is 8.37. The Morgan fingerprint density at radius 1 is 1.17 bits per heavy atom. The Hall–Kier alpha value is -1.10. The maximum absolute atomic E-state index is 12.0. The Morgan fingerprint density at radius 3 is 2.22 bits per heavy atom. The molecule has 18 heavy (non-hydrogen) atoms. The van der Waals surface area contributed by atoms with E-state index >= 15 is 0 Å². The van der Waals surface area contributed by atoms with Gasteiger partial charge in [-0.05, 0) is 20.3 Å². The molecule has 0 bridgehead atoms. The molecule has 106 valence electrons. The number of carbonyl (C=O) groups excluding carboxylic acids is 1. The standard InChI is InChI=1S/C13H26N2O3/c1-10(2)14-8-7-12(16)15(11(3)4)9-5-6-13(17)18/h10-11,14H,5-9H2,1-4H3,(H,17,18). The molecule has 0 aliphatic carbocycles. The summed E-state index contributed by atoms with van der Waals surface area (Å²) in [5, 5.41) is 11.8. The zero-order valence-electron chi connectivity index (χ0n) is 11.9. The zero-order valence-corrected chi connectivity index (χ0v) is 11.9. The summed E-state index contributed by atoms with van der Waals surface area (Å²) in [6, 6.07) is 0.489. The molecular formula is C13H26N2O3. The third kappa shape index (κ3) is 8.06. The molecule has 0 spiro atoms. The molecule has 0 saturated heterocycles. The number of amides is 1. The maximum Gasteiger partial charge on any atom is 0.303 e. The fourth-order valence-electron chi connectivity index (χ4n) is 1.68. The molecule has 0 aromatic heterocycles. The molecule has 0 aliphatic heterocycles. The summed E-state index contributed by atoms with van der Waals surface area (Å²) in [6.45, 7) is 9.17. The summed E-state index contributed by atoms with van der Waals surface area (Å²) in [5.74, 6) is -0.726. The van der Waals surface area contributed by atoms with E-state index in [1.165, 1.54) is 0 Å². The second-order valence-electron chi connectivity index (χ2n) is 5.04. The number of carbonyl (C=O) groups is 2. The number of nitrogens with one attached hydrogen (secondary N) is 1. The maximum atomic E-state index is 12.0. The molecule has 0 aromatic rings. The molecule has 0 unspecified atom stereocenters. The van der Waals surface area contributed by atoms with E-state index in [0.717, 1.165) is 0 Å². The monoisotopic (exact) mass is 258 g/mol. The lowest BCUT2D eigenvalue weighted by atomic mass is 10.2. The van der Waals surface area contributed by atoms with Gasteiger partial charge < -0.3 is 15.3 Å². The average Bonchev–Trinajstić information content (AvgIpc) is 2.22. The molecule has 0 rings (SSSR count). The third-order valence-electron chi connectivity index (χ3n) is 2.62. The van der Waals surface area contributed by atoms with E-state index in [0.29, 0.717) is 32.0 Å². The van der Waals surface area contributed by atoms with Crippen LogP contribution in [-0.2, 0) is 9.59 Å². The zero-order chi connectivity index (χ0) is 14.1. The van der Waals surface area contributed by atoms with E-state index < -0.39 is 5.97 Å². The highest BCUT2D eigenvalue weighted by atomic mass is 16.4. The first kappa shape index (κ1) is 16.9. The van der Waals surface area contributed by atoms with Crippen LogP contribution in [0.15, 0.2) is 0 Å². The van der Waals surface area contributed by atoms with Crippen LogP contribution in [0.1, 0.15) is 47.0 Å². The van der Waals surface area contributed by atoms with Gasteiger partial charge in [-0.1, -0.05) is 13.8 Å². The fourth-order valence-corrected chi connectivity index (χ4v) is 1.68. The van der Waals surface area contributed by atoms with Crippen molar-refractivity contribution in [1.82, 2.24) is 10.2 Å². The van der Waals surface area contributed by atoms with Gasteiger partial charge in [0.2, 0.25) is 5.91 Å². The third-order valence-corrected chi connectivity index (χ3v) is 2.62. The van der Waals surface area contributed by atoms with E-state index in [2.05, 4.69) is 5.32 Å². The predicted octanol–water partition coefficient (Wildman–Crippen LogP) is 1.48. The highest BCUT2D eigenvalue weighted by Crippen LogP contribution is 2.04. The molecule has 5 nitrogen and oxygen atoms in total. The minimum Gasteiger partial charge on any atom is -0.481 e. The van der Waals surface area contributed by atoms with Crippen LogP contribution in [0.2, 0.25) is 0 Å². The first-order chi connectivity index (χ1) is 8.34. The Morgan fingerprint density at radius 2 is 1.78 bits per heavy atom. The number of carboxylic acid groups (broad SMARTS) is 1. The Bertz CT molecular complexity index is 265. The lowest BCUT2D eigenvalue weighted by Gasteiger charge is -2.27. The highest BCUT2D eigenvalue weighted by molar-refractivity contribution is 5.76. The van der Waals surface area contributed by atoms with Gasteiger partial charge in [-0.2, -0.15) is 0 Å². The number of hydrogen-bond acceptors (Lipinski definition) is 3. The first-order valence-corrected chi connectivity index (χ1v) is 6.59. The van der Waals surface area contributed by atoms with E-state index in [9.17, 15) is 9.59 Å². The fraction of sp³-hybridized carbons (Fsp3) is 0.846. The molecule has 0 aromatic carbocycles. The number of hydrogen-bond donors (Lipinski definition) is 2. The van der Waals surface area contributed by atoms with Gasteiger partial charge in [0, 0.05) is 38.0 Å². The summed E-state index contributed by atoms with van der Waals surface area (Å²) in [7, 11) is 0. The average molecular weight is 258 g/mol. The molecular weight excluding hydrogens is 232 g/mol. The van der Waals surface area contributed by atoms with Crippen molar-refractivity contribution in [3.8, 4) is 0 Å². The summed E-state index contributed by atoms with van der Waals surface area (Å²) in [5.41, 5.74) is 0. The summed E-state index contributed by atoms with van der Waals surface area (Å²) in [6.07, 6.45) is 1.08. The van der Waals surface area contributed by atoms with Gasteiger partial charge in [0.05, 0.1) is 0 Å². The Balaban J connectivity index is 4.07. The second kappa shape index (κ2) is 8.91. The molecule has 0 heterocycles. The SMILES string of the molecule is CC(C)NCCC(=O)N(CCCC(=O)O)C(C)C. The summed E-state index contributed by atoms with van der Waals surface area (Å²) < 4.78 is 0. The second-order valence-corrected chi connectivity index (χ2v) is 5.04. The number of carboxylic acids is 1. The Labute approximate surface area is 110 Å². The molecule has 0 aliphatic rings. The van der Waals surface area contributed by atoms with Gasteiger partial charge >= 0.3 is 5.97 Å². The quantitative estimate of drug-likeness (QED) is 0.657. The lowest BCUT2D eigenvalue weighted by molar-refractivity contribution is -0.138. The van der Waals surface area contributed by atoms with E-state index in [4.69, 9.17) is 5.11 Å². The molecule has 5 heteroatoms. The van der Waals surface area contributed by atoms with Crippen molar-refractivity contribution in [2.24, 2.45) is 0 Å². The van der Waals surface area contributed by atoms with Crippen LogP contribution in [-0.4, -0.2) is 47.1 Å². The normalized spacial score (nSPS) is 11.0. The van der Waals surface area contributed by atoms with Crippen LogP contribution in [0.4, 0.5) is 0 Å². The van der Waals surface area contributed by atoms with Crippen LogP contribution in [0.25, 0.3) is 0 Å². The van der Waals surface area contributed by atoms with E-state index in [-0.39, 0.29) is 18.4 Å². The summed E-state index contributed by atoms with van der Waals surface area (Å²) in [4.78, 5) is 24.2. The van der Waals surface area contributed by atoms with Gasteiger partial charge in [0.1, 0.15) is 0 Å². The predicted molar refractivity (Wildman–Crippen MR) is 71.5 cm³/mol. The molecule has 0 saturated carbocycles. The molecule has 0 fully saturated rings. The minimum atomic E-state index is -0.812. The van der Waals surface area contributed by atoms with Gasteiger partial charge in [-0.15, -0.1) is 0 Å². The van der Waals surface area contributed by atoms with Crippen LogP contribution in [0, 0.1) is 0 Å². The number of nitrogens with zero attached hydrogens (tertiary/aromatic N) is 1. The molecule has 0 radical (unpaired) electrons. The summed E-state index contributed by atoms with van der Waals surface area (Å²) >= 11 is 0. The van der Waals surface area contributed by atoms with Crippen LogP contribution >= 0.6 is 0 Å². The van der Waals surface area contributed by atoms with Crippen molar-refractivity contribution in [3.63, 3.8) is 0 Å². The first-order valence-electron chi connectivity index (χ1n) is 6.59. The highest BCUT2D eigenvalue weighted by Gasteiger charge is 2.16. The van der Waals surface area contributed by atoms with Gasteiger partial charge in [-0.3, -0.25) is 9.59 Å². The van der Waals surface area contributed by atoms with Gasteiger partial charge in [-0.25, -0.2) is 0 Å². The lowest BCUT2D eigenvalue weighted by Crippen LogP contribution is -2.39. The van der Waals surface area contributed by atoms with Crippen molar-refractivity contribution in [1.29, 1.82) is 0 Å². The van der Waals surface area contributed by atoms with Crippen molar-refractivity contribution < 1.29 is 14.7 Å². The van der Waals surface area contributed by atoms with E-state index in [1.54, 1.807) is 4.90 Å². The largest absolute Gasteiger partial charge is 0.481 e. The van der Waals surface area contributed by atoms with Gasteiger partial charge in [0.15, 0.2) is 0 Å². The minimum absolute atomic E-state index is 0.0866. The smallest absolute Gasteiger partial charge is 0.303 e. The van der Waals surface area contributed by atoms with Crippen molar-refractivity contribution >= 4 is 11.9 Å². The topological polar surface area (TPSA) is 69.6 Å². The molecule has 1 amide bonds. The van der Waals surface area contributed by atoms with Crippen LogP contribution < -0.4 is 5.32 Å².